The van der Waals surface area contributed by atoms with E-state index >= 15 is 0 Å². The van der Waals surface area contributed by atoms with Crippen molar-refractivity contribution in [3.05, 3.63) is 223 Å². The summed E-state index contributed by atoms with van der Waals surface area (Å²) < 4.78 is 9.47. The average molecular weight is 860 g/mol. The summed E-state index contributed by atoms with van der Waals surface area (Å²) in [6, 6.07) is 78.8. The Morgan fingerprint density at radius 3 is 1.59 bits per heavy atom. The molecule has 310 valence electrons. The van der Waals surface area contributed by atoms with Gasteiger partial charge >= 0.3 is 0 Å². The summed E-state index contributed by atoms with van der Waals surface area (Å²) in [5.74, 6) is 0. The molecule has 0 spiro atoms. The lowest BCUT2D eigenvalue weighted by Gasteiger charge is -2.28. The number of hydrogen-bond acceptors (Lipinski definition) is 3. The molecule has 0 radical (unpaired) electrons. The molecule has 3 heteroatoms. The van der Waals surface area contributed by atoms with Crippen molar-refractivity contribution in [1.29, 1.82) is 0 Å². The highest BCUT2D eigenvalue weighted by Gasteiger charge is 2.36. The summed E-state index contributed by atoms with van der Waals surface area (Å²) >= 11 is 1.88. The molecule has 14 rings (SSSR count). The molecule has 0 saturated heterocycles. The van der Waals surface area contributed by atoms with E-state index < -0.39 is 0 Å². The molecule has 2 heterocycles. The highest BCUT2D eigenvalue weighted by Crippen LogP contribution is 2.52. The Balaban J connectivity index is 1.17. The highest BCUT2D eigenvalue weighted by atomic mass is 32.1. The number of anilines is 3. The molecule has 0 amide bonds. The predicted octanol–water partition coefficient (Wildman–Crippen LogP) is 18.6. The Hall–Kier alpha value is -7.98. The van der Waals surface area contributed by atoms with Gasteiger partial charge < -0.3 is 9.32 Å². The van der Waals surface area contributed by atoms with Gasteiger partial charge in [-0.2, -0.15) is 0 Å². The summed E-state index contributed by atoms with van der Waals surface area (Å²) in [6.45, 7) is 4.73. The number of para-hydroxylation sites is 2. The Morgan fingerprint density at radius 1 is 0.348 bits per heavy atom. The fraction of sp³-hybridized carbons (Fsp3) is 0.0476. The summed E-state index contributed by atoms with van der Waals surface area (Å²) in [6.07, 6.45) is 0. The average Bonchev–Trinajstić information content (AvgIpc) is 4.01. The third-order valence-electron chi connectivity index (χ3n) is 14.5. The van der Waals surface area contributed by atoms with Gasteiger partial charge in [0.15, 0.2) is 5.58 Å². The molecular weight excluding hydrogens is 819 g/mol. The number of thiophene rings is 1. The van der Waals surface area contributed by atoms with Crippen LogP contribution in [-0.4, -0.2) is 0 Å². The molecule has 2 nitrogen and oxygen atoms in total. The largest absolute Gasteiger partial charge is 0.454 e. The van der Waals surface area contributed by atoms with E-state index in [0.717, 1.165) is 39.0 Å². The maximum Gasteiger partial charge on any atom is 0.159 e. The molecule has 0 fully saturated rings. The quantitative estimate of drug-likeness (QED) is 0.176. The first kappa shape index (κ1) is 37.4. The molecule has 1 aliphatic rings. The highest BCUT2D eigenvalue weighted by molar-refractivity contribution is 7.25. The van der Waals surface area contributed by atoms with Gasteiger partial charge in [0.05, 0.1) is 5.69 Å². The number of nitrogens with zero attached hydrogens (tertiary/aromatic N) is 1. The number of furan rings is 1. The van der Waals surface area contributed by atoms with Crippen LogP contribution in [0.1, 0.15) is 25.0 Å². The van der Waals surface area contributed by atoms with Crippen LogP contribution in [-0.2, 0) is 5.41 Å². The van der Waals surface area contributed by atoms with E-state index in [1.54, 1.807) is 0 Å². The van der Waals surface area contributed by atoms with E-state index in [0.29, 0.717) is 0 Å². The lowest BCUT2D eigenvalue weighted by molar-refractivity contribution is 0.660. The van der Waals surface area contributed by atoms with Crippen LogP contribution in [0, 0.1) is 0 Å². The molecule has 1 aliphatic carbocycles. The monoisotopic (exact) mass is 859 g/mol. The summed E-state index contributed by atoms with van der Waals surface area (Å²) in [5, 5.41) is 16.9. The molecule has 0 saturated carbocycles. The number of hydrogen-bond donors (Lipinski definition) is 0. The van der Waals surface area contributed by atoms with Gasteiger partial charge in [0.2, 0.25) is 0 Å². The molecule has 0 unspecified atom stereocenters. The van der Waals surface area contributed by atoms with E-state index in [4.69, 9.17) is 4.42 Å². The van der Waals surface area contributed by atoms with Crippen molar-refractivity contribution >= 4 is 124 Å². The van der Waals surface area contributed by atoms with Crippen molar-refractivity contribution in [2.24, 2.45) is 0 Å². The summed E-state index contributed by atoms with van der Waals surface area (Å²) in [7, 11) is 0. The van der Waals surface area contributed by atoms with Crippen LogP contribution in [0.25, 0.3) is 107 Å². The van der Waals surface area contributed by atoms with Crippen LogP contribution in [0.15, 0.2) is 217 Å². The van der Waals surface area contributed by atoms with Crippen molar-refractivity contribution in [3.8, 4) is 11.1 Å². The first-order valence-corrected chi connectivity index (χ1v) is 23.6. The molecule has 13 aromatic rings. The second-order valence-electron chi connectivity index (χ2n) is 18.3. The zero-order valence-electron chi connectivity index (χ0n) is 36.5. The van der Waals surface area contributed by atoms with Gasteiger partial charge in [-0.25, -0.2) is 0 Å². The standard InChI is InChI=1S/C63H41NOS/c1-63(2)56-26-12-9-22-47(56)48-33-31-39(35-57(48)63)64(58-27-15-25-51-49-23-10-13-28-59(49)65-62(51)58)38-30-32-46-44-20-6-5-18-42(44)40-16-3-4-17-41(40)43-19-7-8-21-45(43)54-37-61-55(36-53(54)52(46)34-38)50-24-11-14-29-60(50)66-61/h3-37H,1-2H3. The van der Waals surface area contributed by atoms with Gasteiger partial charge in [-0.3, -0.25) is 0 Å². The summed E-state index contributed by atoms with van der Waals surface area (Å²) in [5.41, 5.74) is 10.00. The van der Waals surface area contributed by atoms with Gasteiger partial charge in [-0.1, -0.05) is 172 Å². The van der Waals surface area contributed by atoms with Gasteiger partial charge in [0.25, 0.3) is 0 Å². The summed E-state index contributed by atoms with van der Waals surface area (Å²) in [4.78, 5) is 2.44. The molecule has 0 N–H and O–H groups in total. The number of rotatable bonds is 3. The minimum absolute atomic E-state index is 0.178. The molecule has 2 aromatic heterocycles. The van der Waals surface area contributed by atoms with E-state index in [9.17, 15) is 0 Å². The smallest absolute Gasteiger partial charge is 0.159 e. The normalized spacial score (nSPS) is 13.1. The number of fused-ring (bicyclic) bond motifs is 19. The molecule has 0 bridgehead atoms. The number of benzene rings is 10. The Kier molecular flexibility index (Phi) is 7.94. The van der Waals surface area contributed by atoms with Crippen molar-refractivity contribution in [2.45, 2.75) is 19.3 Å². The Bertz CT molecular complexity index is 4280. The van der Waals surface area contributed by atoms with Gasteiger partial charge in [0.1, 0.15) is 5.58 Å². The second kappa shape index (κ2) is 14.0. The topological polar surface area (TPSA) is 16.4 Å². The van der Waals surface area contributed by atoms with Crippen LogP contribution in [0.2, 0.25) is 0 Å². The van der Waals surface area contributed by atoms with Gasteiger partial charge in [0, 0.05) is 47.7 Å². The molecular formula is C63H41NOS. The van der Waals surface area contributed by atoms with Crippen LogP contribution in [0.3, 0.4) is 0 Å². The molecule has 11 aromatic carbocycles. The minimum atomic E-state index is -0.178. The lowest BCUT2D eigenvalue weighted by Crippen LogP contribution is -2.16. The van der Waals surface area contributed by atoms with Gasteiger partial charge in [-0.05, 0) is 131 Å². The Morgan fingerprint density at radius 2 is 0.864 bits per heavy atom. The third kappa shape index (κ3) is 5.35. The first-order valence-electron chi connectivity index (χ1n) is 22.8. The Labute approximate surface area is 385 Å². The zero-order valence-corrected chi connectivity index (χ0v) is 37.3. The fourth-order valence-electron chi connectivity index (χ4n) is 11.4. The maximum atomic E-state index is 6.89. The van der Waals surface area contributed by atoms with E-state index in [2.05, 4.69) is 231 Å². The van der Waals surface area contributed by atoms with Crippen molar-refractivity contribution < 1.29 is 4.42 Å². The zero-order chi connectivity index (χ0) is 43.7. The molecule has 0 atom stereocenters. The van der Waals surface area contributed by atoms with E-state index in [1.807, 2.05) is 11.3 Å². The minimum Gasteiger partial charge on any atom is -0.454 e. The van der Waals surface area contributed by atoms with Crippen molar-refractivity contribution in [2.75, 3.05) is 4.90 Å². The van der Waals surface area contributed by atoms with Crippen molar-refractivity contribution in [1.82, 2.24) is 0 Å². The predicted molar refractivity (Wildman–Crippen MR) is 284 cm³/mol. The maximum absolute atomic E-state index is 6.89. The lowest BCUT2D eigenvalue weighted by atomic mass is 9.82. The van der Waals surface area contributed by atoms with E-state index in [-0.39, 0.29) is 5.41 Å². The van der Waals surface area contributed by atoms with Crippen LogP contribution < -0.4 is 4.90 Å². The van der Waals surface area contributed by atoms with Crippen molar-refractivity contribution in [3.63, 3.8) is 0 Å². The van der Waals surface area contributed by atoms with E-state index in [1.165, 1.54) is 96.3 Å². The molecule has 0 aliphatic heterocycles. The van der Waals surface area contributed by atoms with Crippen LogP contribution in [0.4, 0.5) is 17.1 Å². The van der Waals surface area contributed by atoms with Crippen LogP contribution in [0.5, 0.6) is 0 Å². The fourth-order valence-corrected chi connectivity index (χ4v) is 12.5. The SMILES string of the molecule is CC1(C)c2ccccc2-c2ccc(N(c3ccc4c5ccccc5c5ccccc5c5ccccc5c5cc6sc7ccccc7c6cc5c4c3)c3cccc4c3oc3ccccc34)cc21. The van der Waals surface area contributed by atoms with Gasteiger partial charge in [-0.15, -0.1) is 11.3 Å². The third-order valence-corrected chi connectivity index (χ3v) is 15.6. The molecule has 66 heavy (non-hydrogen) atoms. The first-order chi connectivity index (χ1) is 32.5. The van der Waals surface area contributed by atoms with Crippen LogP contribution >= 0.6 is 11.3 Å². The second-order valence-corrected chi connectivity index (χ2v) is 19.4.